The number of thiophene rings is 1. The van der Waals surface area contributed by atoms with E-state index in [0.29, 0.717) is 0 Å². The molecule has 1 aromatic rings. The van der Waals surface area contributed by atoms with Gasteiger partial charge in [-0.1, -0.05) is 20.3 Å². The molecule has 0 fully saturated rings. The lowest BCUT2D eigenvalue weighted by molar-refractivity contribution is 0.0938. The highest BCUT2D eigenvalue weighted by atomic mass is 32.1. The fraction of sp³-hybridized carbons (Fsp3) is 0.583. The van der Waals surface area contributed by atoms with Gasteiger partial charge in [-0.2, -0.15) is 0 Å². The van der Waals surface area contributed by atoms with Gasteiger partial charge >= 0.3 is 0 Å². The molecule has 15 heavy (non-hydrogen) atoms. The van der Waals surface area contributed by atoms with Crippen LogP contribution in [0.2, 0.25) is 0 Å². The zero-order valence-electron chi connectivity index (χ0n) is 9.67. The quantitative estimate of drug-likeness (QED) is 0.819. The van der Waals surface area contributed by atoms with Crippen LogP contribution in [0.5, 0.6) is 0 Å². The Labute approximate surface area is 95.7 Å². The Kier molecular flexibility index (Phi) is 4.82. The summed E-state index contributed by atoms with van der Waals surface area (Å²) in [6.07, 6.45) is 3.14. The Balaban J connectivity index is 2.53. The van der Waals surface area contributed by atoms with Crippen LogP contribution in [0.1, 0.15) is 48.8 Å². The first-order valence-electron chi connectivity index (χ1n) is 5.55. The van der Waals surface area contributed by atoms with Gasteiger partial charge in [0, 0.05) is 16.3 Å². The second-order valence-corrected chi connectivity index (χ2v) is 4.81. The molecule has 1 atom stereocenters. The maximum atomic E-state index is 11.8. The van der Waals surface area contributed by atoms with Gasteiger partial charge in [0.15, 0.2) is 0 Å². The topological polar surface area (TPSA) is 29.1 Å². The first kappa shape index (κ1) is 12.2. The minimum absolute atomic E-state index is 0.0619. The third kappa shape index (κ3) is 3.67. The molecule has 1 N–H and O–H groups in total. The molecule has 1 aromatic heterocycles. The molecule has 0 aliphatic carbocycles. The van der Waals surface area contributed by atoms with Crippen molar-refractivity contribution in [1.82, 2.24) is 5.32 Å². The SMILES string of the molecule is CCC[C@@H](C)NC(=O)c1csc(CC)c1. The molecule has 0 radical (unpaired) electrons. The molecule has 0 spiro atoms. The summed E-state index contributed by atoms with van der Waals surface area (Å²) >= 11 is 1.66. The lowest BCUT2D eigenvalue weighted by atomic mass is 10.2. The highest BCUT2D eigenvalue weighted by Crippen LogP contribution is 2.15. The molecule has 1 rings (SSSR count). The van der Waals surface area contributed by atoms with Crippen LogP contribution in [-0.4, -0.2) is 11.9 Å². The van der Waals surface area contributed by atoms with E-state index in [9.17, 15) is 4.79 Å². The van der Waals surface area contributed by atoms with Crippen molar-refractivity contribution in [2.24, 2.45) is 0 Å². The summed E-state index contributed by atoms with van der Waals surface area (Å²) < 4.78 is 0. The van der Waals surface area contributed by atoms with Crippen molar-refractivity contribution in [2.75, 3.05) is 0 Å². The molecule has 0 aliphatic heterocycles. The molecule has 0 bridgehead atoms. The number of rotatable bonds is 5. The molecular weight excluding hydrogens is 206 g/mol. The standard InChI is InChI=1S/C12H19NOS/c1-4-6-9(3)13-12(14)10-7-11(5-2)15-8-10/h7-9H,4-6H2,1-3H3,(H,13,14)/t9-/m1/s1. The van der Waals surface area contributed by atoms with Gasteiger partial charge in [-0.3, -0.25) is 4.79 Å². The monoisotopic (exact) mass is 225 g/mol. The Hall–Kier alpha value is -0.830. The van der Waals surface area contributed by atoms with Gasteiger partial charge in [-0.05, 0) is 25.8 Å². The summed E-state index contributed by atoms with van der Waals surface area (Å²) in [5.74, 6) is 0.0619. The van der Waals surface area contributed by atoms with Gasteiger partial charge in [0.25, 0.3) is 5.91 Å². The largest absolute Gasteiger partial charge is 0.350 e. The van der Waals surface area contributed by atoms with E-state index < -0.39 is 0 Å². The van der Waals surface area contributed by atoms with Crippen LogP contribution >= 0.6 is 11.3 Å². The fourth-order valence-electron chi connectivity index (χ4n) is 1.50. The lowest BCUT2D eigenvalue weighted by Gasteiger charge is -2.11. The molecule has 0 saturated heterocycles. The van der Waals surface area contributed by atoms with Crippen LogP contribution in [0.25, 0.3) is 0 Å². The van der Waals surface area contributed by atoms with Gasteiger partial charge in [0.2, 0.25) is 0 Å². The minimum Gasteiger partial charge on any atom is -0.350 e. The molecule has 0 saturated carbocycles. The molecule has 2 nitrogen and oxygen atoms in total. The fourth-order valence-corrected chi connectivity index (χ4v) is 2.31. The van der Waals surface area contributed by atoms with Crippen molar-refractivity contribution >= 4 is 17.2 Å². The van der Waals surface area contributed by atoms with Crippen molar-refractivity contribution < 1.29 is 4.79 Å². The zero-order valence-corrected chi connectivity index (χ0v) is 10.5. The van der Waals surface area contributed by atoms with E-state index in [4.69, 9.17) is 0 Å². The van der Waals surface area contributed by atoms with Crippen LogP contribution in [0.3, 0.4) is 0 Å². The van der Waals surface area contributed by atoms with E-state index in [0.717, 1.165) is 24.8 Å². The molecular formula is C12H19NOS. The number of carbonyl (C=O) groups excluding carboxylic acids is 1. The smallest absolute Gasteiger partial charge is 0.252 e. The van der Waals surface area contributed by atoms with E-state index in [1.165, 1.54) is 4.88 Å². The number of amides is 1. The van der Waals surface area contributed by atoms with Gasteiger partial charge in [-0.25, -0.2) is 0 Å². The van der Waals surface area contributed by atoms with Crippen molar-refractivity contribution in [3.8, 4) is 0 Å². The third-order valence-electron chi connectivity index (χ3n) is 2.36. The number of carbonyl (C=O) groups is 1. The Morgan fingerprint density at radius 3 is 2.80 bits per heavy atom. The molecule has 0 aliphatic rings. The second kappa shape index (κ2) is 5.91. The molecule has 0 aromatic carbocycles. The van der Waals surface area contributed by atoms with Gasteiger partial charge in [0.1, 0.15) is 0 Å². The predicted molar refractivity (Wildman–Crippen MR) is 65.5 cm³/mol. The van der Waals surface area contributed by atoms with Gasteiger partial charge < -0.3 is 5.32 Å². The van der Waals surface area contributed by atoms with Crippen LogP contribution in [0.15, 0.2) is 11.4 Å². The predicted octanol–water partition coefficient (Wildman–Crippen LogP) is 3.23. The van der Waals surface area contributed by atoms with Crippen LogP contribution < -0.4 is 5.32 Å². The number of hydrogen-bond donors (Lipinski definition) is 1. The van der Waals surface area contributed by atoms with Crippen molar-refractivity contribution in [3.63, 3.8) is 0 Å². The van der Waals surface area contributed by atoms with Crippen LogP contribution in [0.4, 0.5) is 0 Å². The van der Waals surface area contributed by atoms with Crippen molar-refractivity contribution in [1.29, 1.82) is 0 Å². The maximum absolute atomic E-state index is 11.8. The minimum atomic E-state index is 0.0619. The van der Waals surface area contributed by atoms with Crippen molar-refractivity contribution in [2.45, 2.75) is 46.1 Å². The molecule has 1 heterocycles. The number of nitrogens with one attached hydrogen (secondary N) is 1. The van der Waals surface area contributed by atoms with Gasteiger partial charge in [-0.15, -0.1) is 11.3 Å². The lowest BCUT2D eigenvalue weighted by Crippen LogP contribution is -2.32. The van der Waals surface area contributed by atoms with Crippen molar-refractivity contribution in [3.05, 3.63) is 21.9 Å². The van der Waals surface area contributed by atoms with Crippen LogP contribution in [0, 0.1) is 0 Å². The average molecular weight is 225 g/mol. The molecule has 3 heteroatoms. The summed E-state index contributed by atoms with van der Waals surface area (Å²) in [5, 5.41) is 4.94. The Morgan fingerprint density at radius 1 is 1.53 bits per heavy atom. The highest BCUT2D eigenvalue weighted by molar-refractivity contribution is 7.10. The number of aryl methyl sites for hydroxylation is 1. The van der Waals surface area contributed by atoms with E-state index in [-0.39, 0.29) is 11.9 Å². The first-order valence-corrected chi connectivity index (χ1v) is 6.43. The summed E-state index contributed by atoms with van der Waals surface area (Å²) in [7, 11) is 0. The van der Waals surface area contributed by atoms with Gasteiger partial charge in [0.05, 0.1) is 5.56 Å². The van der Waals surface area contributed by atoms with E-state index >= 15 is 0 Å². The molecule has 1 amide bonds. The highest BCUT2D eigenvalue weighted by Gasteiger charge is 2.10. The number of hydrogen-bond acceptors (Lipinski definition) is 2. The summed E-state index contributed by atoms with van der Waals surface area (Å²) in [4.78, 5) is 13.0. The Morgan fingerprint density at radius 2 is 2.27 bits per heavy atom. The van der Waals surface area contributed by atoms with E-state index in [2.05, 4.69) is 26.1 Å². The summed E-state index contributed by atoms with van der Waals surface area (Å²) in [6.45, 7) is 6.28. The molecule has 0 unspecified atom stereocenters. The summed E-state index contributed by atoms with van der Waals surface area (Å²) in [5.41, 5.74) is 0.805. The average Bonchev–Trinajstić information content (AvgIpc) is 2.66. The second-order valence-electron chi connectivity index (χ2n) is 3.82. The zero-order chi connectivity index (χ0) is 11.3. The third-order valence-corrected chi connectivity index (χ3v) is 3.44. The van der Waals surface area contributed by atoms with E-state index in [1.807, 2.05) is 11.4 Å². The van der Waals surface area contributed by atoms with E-state index in [1.54, 1.807) is 11.3 Å². The molecule has 84 valence electrons. The van der Waals surface area contributed by atoms with Crippen LogP contribution in [-0.2, 0) is 6.42 Å². The normalized spacial score (nSPS) is 12.5. The first-order chi connectivity index (χ1) is 7.17. The Bertz CT molecular complexity index is 319. The maximum Gasteiger partial charge on any atom is 0.252 e. The summed E-state index contributed by atoms with van der Waals surface area (Å²) in [6, 6.07) is 2.26.